The van der Waals surface area contributed by atoms with Crippen molar-refractivity contribution in [2.24, 2.45) is 5.92 Å². The van der Waals surface area contributed by atoms with Crippen molar-refractivity contribution in [3.8, 4) is 5.75 Å². The Morgan fingerprint density at radius 2 is 2.03 bits per heavy atom. The minimum Gasteiger partial charge on any atom is -0.490 e. The number of aryl methyl sites for hydroxylation is 2. The van der Waals surface area contributed by atoms with E-state index in [9.17, 15) is 9.50 Å². The second-order valence-electron chi connectivity index (χ2n) is 10.6. The van der Waals surface area contributed by atoms with Crippen molar-refractivity contribution < 1.29 is 14.2 Å². The molecule has 5 rings (SSSR count). The predicted molar refractivity (Wildman–Crippen MR) is 133 cm³/mol. The van der Waals surface area contributed by atoms with Gasteiger partial charge in [0.15, 0.2) is 0 Å². The second-order valence-corrected chi connectivity index (χ2v) is 10.6. The number of hydrogen-bond acceptors (Lipinski definition) is 4. The third-order valence-electron chi connectivity index (χ3n) is 7.47. The van der Waals surface area contributed by atoms with Crippen molar-refractivity contribution in [1.29, 1.82) is 0 Å². The van der Waals surface area contributed by atoms with Gasteiger partial charge < -0.3 is 19.7 Å². The van der Waals surface area contributed by atoms with Gasteiger partial charge in [0.05, 0.1) is 11.0 Å². The smallest absolute Gasteiger partial charge is 0.126 e. The van der Waals surface area contributed by atoms with Crippen LogP contribution < -0.4 is 4.74 Å². The summed E-state index contributed by atoms with van der Waals surface area (Å²) in [6.07, 6.45) is 5.05. The molecular weight excluding hydrogens is 429 g/mol. The highest BCUT2D eigenvalue weighted by Crippen LogP contribution is 2.46. The number of hydrogen-bond donors (Lipinski definition) is 2. The van der Waals surface area contributed by atoms with Crippen LogP contribution in [0, 0.1) is 18.7 Å². The molecule has 0 saturated heterocycles. The van der Waals surface area contributed by atoms with Crippen LogP contribution in [-0.4, -0.2) is 51.3 Å². The van der Waals surface area contributed by atoms with Crippen LogP contribution in [0.1, 0.15) is 62.4 Å². The van der Waals surface area contributed by atoms with E-state index in [-0.39, 0.29) is 24.3 Å². The molecule has 1 aliphatic carbocycles. The van der Waals surface area contributed by atoms with Crippen LogP contribution in [0.3, 0.4) is 0 Å². The number of imidazole rings is 1. The molecule has 6 heteroatoms. The number of nitrogens with one attached hydrogen (secondary N) is 1. The number of fused-ring (bicyclic) bond motifs is 2. The predicted octanol–water partition coefficient (Wildman–Crippen LogP) is 5.36. The van der Waals surface area contributed by atoms with Gasteiger partial charge >= 0.3 is 0 Å². The van der Waals surface area contributed by atoms with E-state index in [1.807, 2.05) is 0 Å². The molecule has 0 amide bonds. The normalized spacial score (nSPS) is 22.4. The average molecular weight is 466 g/mol. The number of aromatic nitrogens is 2. The number of aromatic amines is 1. The van der Waals surface area contributed by atoms with Gasteiger partial charge in [0.2, 0.25) is 0 Å². The summed E-state index contributed by atoms with van der Waals surface area (Å²) >= 11 is 0. The Balaban J connectivity index is 1.22. The first kappa shape index (κ1) is 23.3. The number of ether oxygens (including phenoxy) is 1. The van der Waals surface area contributed by atoms with E-state index in [1.165, 1.54) is 30.5 Å². The van der Waals surface area contributed by atoms with Gasteiger partial charge in [-0.1, -0.05) is 26.0 Å². The molecule has 3 aromatic rings. The Hall–Kier alpha value is -2.44. The molecule has 2 aliphatic rings. The van der Waals surface area contributed by atoms with Crippen LogP contribution in [0.5, 0.6) is 5.75 Å². The lowest BCUT2D eigenvalue weighted by atomic mass is 9.72. The zero-order valence-corrected chi connectivity index (χ0v) is 20.5. The van der Waals surface area contributed by atoms with Crippen LogP contribution in [0.15, 0.2) is 36.4 Å². The molecule has 0 spiro atoms. The number of nitrogens with zero attached hydrogens (tertiary/aromatic N) is 2. The molecule has 1 saturated carbocycles. The molecule has 1 fully saturated rings. The van der Waals surface area contributed by atoms with Crippen LogP contribution >= 0.6 is 0 Å². The standard InChI is InChI=1S/C28H36FN3O2/c1-18(2)27-22-10-7-20(29)16-25(22)34-17-28(27,33)12-14-32(21-8-9-21)13-4-5-26-30-23-11-6-19(3)15-24(23)31-26/h6-7,10-11,15-16,18,21,27,33H,4-5,8-9,12-14,17H2,1-3H3,(H,30,31)/t27-,28+/m0/s1. The number of rotatable bonds is 9. The van der Waals surface area contributed by atoms with Crippen molar-refractivity contribution in [1.82, 2.24) is 14.9 Å². The summed E-state index contributed by atoms with van der Waals surface area (Å²) in [6, 6.07) is 11.6. The summed E-state index contributed by atoms with van der Waals surface area (Å²) in [5, 5.41) is 11.7. The highest BCUT2D eigenvalue weighted by Gasteiger charge is 2.45. The molecular formula is C28H36FN3O2. The fraction of sp³-hybridized carbons (Fsp3) is 0.536. The lowest BCUT2D eigenvalue weighted by molar-refractivity contribution is -0.0653. The summed E-state index contributed by atoms with van der Waals surface area (Å²) in [5.74, 6) is 1.47. The van der Waals surface area contributed by atoms with E-state index in [2.05, 4.69) is 48.9 Å². The van der Waals surface area contributed by atoms with Crippen molar-refractivity contribution in [3.05, 3.63) is 59.2 Å². The van der Waals surface area contributed by atoms with E-state index in [0.717, 1.165) is 48.4 Å². The summed E-state index contributed by atoms with van der Waals surface area (Å²) in [6.45, 7) is 8.39. The van der Waals surface area contributed by atoms with Gasteiger partial charge in [0.25, 0.3) is 0 Å². The zero-order valence-electron chi connectivity index (χ0n) is 20.5. The van der Waals surface area contributed by atoms with E-state index < -0.39 is 5.60 Å². The summed E-state index contributed by atoms with van der Waals surface area (Å²) in [4.78, 5) is 10.7. The summed E-state index contributed by atoms with van der Waals surface area (Å²) < 4.78 is 19.6. The molecule has 1 aliphatic heterocycles. The van der Waals surface area contributed by atoms with Crippen molar-refractivity contribution >= 4 is 11.0 Å². The third kappa shape index (κ3) is 4.84. The first-order valence-corrected chi connectivity index (χ1v) is 12.7. The van der Waals surface area contributed by atoms with E-state index in [1.54, 1.807) is 6.07 Å². The van der Waals surface area contributed by atoms with Crippen molar-refractivity contribution in [3.63, 3.8) is 0 Å². The van der Waals surface area contributed by atoms with Crippen LogP contribution in [0.25, 0.3) is 11.0 Å². The Morgan fingerprint density at radius 1 is 1.21 bits per heavy atom. The van der Waals surface area contributed by atoms with Gasteiger partial charge in [-0.15, -0.1) is 0 Å². The number of halogens is 1. The Morgan fingerprint density at radius 3 is 2.79 bits per heavy atom. The quantitative estimate of drug-likeness (QED) is 0.447. The number of benzene rings is 2. The topological polar surface area (TPSA) is 61.4 Å². The van der Waals surface area contributed by atoms with E-state index in [4.69, 9.17) is 9.72 Å². The van der Waals surface area contributed by atoms with E-state index >= 15 is 0 Å². The van der Waals surface area contributed by atoms with Gasteiger partial charge in [-0.25, -0.2) is 9.37 Å². The molecule has 34 heavy (non-hydrogen) atoms. The molecule has 2 aromatic carbocycles. The number of H-pyrrole nitrogens is 1. The van der Waals surface area contributed by atoms with E-state index in [0.29, 0.717) is 18.2 Å². The molecule has 2 atom stereocenters. The molecule has 5 nitrogen and oxygen atoms in total. The van der Waals surface area contributed by atoms with Gasteiger partial charge in [-0.05, 0) is 68.8 Å². The van der Waals surface area contributed by atoms with Crippen molar-refractivity contribution in [2.75, 3.05) is 19.7 Å². The Kier molecular flexibility index (Phi) is 6.38. The lowest BCUT2D eigenvalue weighted by Crippen LogP contribution is -2.49. The maximum atomic E-state index is 13.7. The van der Waals surface area contributed by atoms with Crippen LogP contribution in [0.4, 0.5) is 4.39 Å². The SMILES string of the molecule is Cc1ccc2nc(CCCN(CC[C@@]3(O)COc4cc(F)ccc4[C@@H]3C(C)C)C3CC3)[nH]c2c1. The van der Waals surface area contributed by atoms with Gasteiger partial charge in [-0.3, -0.25) is 0 Å². The van der Waals surface area contributed by atoms with Gasteiger partial charge in [0, 0.05) is 36.6 Å². The molecule has 2 heterocycles. The van der Waals surface area contributed by atoms with Crippen molar-refractivity contribution in [2.45, 2.75) is 70.4 Å². The van der Waals surface area contributed by atoms with Gasteiger partial charge in [0.1, 0.15) is 29.6 Å². The fourth-order valence-electron chi connectivity index (χ4n) is 5.68. The number of aliphatic hydroxyl groups is 1. The average Bonchev–Trinajstić information content (AvgIpc) is 3.55. The lowest BCUT2D eigenvalue weighted by Gasteiger charge is -2.44. The first-order valence-electron chi connectivity index (χ1n) is 12.7. The Bertz CT molecular complexity index is 1160. The summed E-state index contributed by atoms with van der Waals surface area (Å²) in [5.41, 5.74) is 3.33. The highest BCUT2D eigenvalue weighted by molar-refractivity contribution is 5.75. The van der Waals surface area contributed by atoms with Gasteiger partial charge in [-0.2, -0.15) is 0 Å². The zero-order chi connectivity index (χ0) is 23.9. The minimum absolute atomic E-state index is 0.0723. The largest absolute Gasteiger partial charge is 0.490 e. The van der Waals surface area contributed by atoms with Crippen LogP contribution in [-0.2, 0) is 6.42 Å². The molecule has 1 aromatic heterocycles. The maximum absolute atomic E-state index is 13.7. The first-order chi connectivity index (χ1) is 16.3. The third-order valence-corrected chi connectivity index (χ3v) is 7.47. The minimum atomic E-state index is -0.956. The monoisotopic (exact) mass is 465 g/mol. The Labute approximate surface area is 201 Å². The highest BCUT2D eigenvalue weighted by atomic mass is 19.1. The molecule has 0 radical (unpaired) electrons. The second kappa shape index (κ2) is 9.31. The maximum Gasteiger partial charge on any atom is 0.126 e. The van der Waals surface area contributed by atoms with Crippen LogP contribution in [0.2, 0.25) is 0 Å². The molecule has 182 valence electrons. The molecule has 0 bridgehead atoms. The molecule has 0 unspecified atom stereocenters. The molecule has 2 N–H and O–H groups in total. The fourth-order valence-corrected chi connectivity index (χ4v) is 5.68. The summed E-state index contributed by atoms with van der Waals surface area (Å²) in [7, 11) is 0.